The number of nitrogens with zero attached hydrogens (tertiary/aromatic N) is 4. The van der Waals surface area contributed by atoms with Gasteiger partial charge in [0, 0.05) is 25.1 Å². The Balaban J connectivity index is 1.44. The summed E-state index contributed by atoms with van der Waals surface area (Å²) >= 11 is 0. The van der Waals surface area contributed by atoms with Crippen molar-refractivity contribution in [2.45, 2.75) is 38.5 Å². The van der Waals surface area contributed by atoms with E-state index in [1.807, 2.05) is 0 Å². The summed E-state index contributed by atoms with van der Waals surface area (Å²) in [4.78, 5) is 13.0. The number of anilines is 1. The maximum absolute atomic E-state index is 13.3. The lowest BCUT2D eigenvalue weighted by Crippen LogP contribution is -2.41. The van der Waals surface area contributed by atoms with Crippen LogP contribution in [-0.2, 0) is 14.8 Å². The molecule has 3 aromatic rings. The largest absolute Gasteiger partial charge is 0.360 e. The summed E-state index contributed by atoms with van der Waals surface area (Å²) in [6.07, 6.45) is 0.774. The van der Waals surface area contributed by atoms with Crippen molar-refractivity contribution in [2.75, 3.05) is 18.4 Å². The molecule has 0 bridgehead atoms. The third kappa shape index (κ3) is 4.17. The SMILES string of the molecule is Cc1cc(NC(=O)C2CCN(S(=O)(=O)c3c(C)noc3C)CC2)n(-c2ccc(F)cc2)n1. The second kappa shape index (κ2) is 8.47. The average molecular weight is 462 g/mol. The summed E-state index contributed by atoms with van der Waals surface area (Å²) in [7, 11) is -3.73. The predicted molar refractivity (Wildman–Crippen MR) is 114 cm³/mol. The second-order valence-corrected chi connectivity index (χ2v) is 9.75. The molecule has 9 nitrogen and oxygen atoms in total. The molecule has 4 rings (SSSR count). The summed E-state index contributed by atoms with van der Waals surface area (Å²) < 4.78 is 47.1. The van der Waals surface area contributed by atoms with Gasteiger partial charge in [0.25, 0.3) is 0 Å². The lowest BCUT2D eigenvalue weighted by molar-refractivity contribution is -0.120. The van der Waals surface area contributed by atoms with Crippen molar-refractivity contribution < 1.29 is 22.1 Å². The van der Waals surface area contributed by atoms with Crippen LogP contribution in [0.1, 0.15) is 30.0 Å². The van der Waals surface area contributed by atoms with Gasteiger partial charge in [-0.2, -0.15) is 9.40 Å². The number of sulfonamides is 1. The molecule has 32 heavy (non-hydrogen) atoms. The fraction of sp³-hybridized carbons (Fsp3) is 0.381. The number of aromatic nitrogens is 3. The number of piperidine rings is 1. The van der Waals surface area contributed by atoms with Crippen molar-refractivity contribution >= 4 is 21.7 Å². The van der Waals surface area contributed by atoms with Crippen LogP contribution in [0.4, 0.5) is 10.2 Å². The molecule has 0 atom stereocenters. The number of rotatable bonds is 5. The zero-order chi connectivity index (χ0) is 23.0. The first-order valence-corrected chi connectivity index (χ1v) is 11.7. The maximum Gasteiger partial charge on any atom is 0.248 e. The van der Waals surface area contributed by atoms with Crippen molar-refractivity contribution in [3.8, 4) is 5.69 Å². The Kier molecular flexibility index (Phi) is 5.87. The quantitative estimate of drug-likeness (QED) is 0.626. The lowest BCUT2D eigenvalue weighted by Gasteiger charge is -2.30. The molecule has 0 saturated carbocycles. The van der Waals surface area contributed by atoms with E-state index in [0.29, 0.717) is 35.7 Å². The van der Waals surface area contributed by atoms with Crippen LogP contribution in [0.2, 0.25) is 0 Å². The normalized spacial score (nSPS) is 15.8. The molecule has 2 aromatic heterocycles. The van der Waals surface area contributed by atoms with Crippen molar-refractivity contribution in [3.63, 3.8) is 0 Å². The molecule has 1 aliphatic heterocycles. The zero-order valence-corrected chi connectivity index (χ0v) is 18.8. The number of aryl methyl sites for hydroxylation is 3. The third-order valence-electron chi connectivity index (χ3n) is 5.54. The summed E-state index contributed by atoms with van der Waals surface area (Å²) in [5.41, 5.74) is 1.65. The highest BCUT2D eigenvalue weighted by molar-refractivity contribution is 7.89. The molecule has 1 aromatic carbocycles. The van der Waals surface area contributed by atoms with Gasteiger partial charge in [0.1, 0.15) is 22.2 Å². The van der Waals surface area contributed by atoms with Crippen molar-refractivity contribution in [1.82, 2.24) is 19.2 Å². The monoisotopic (exact) mass is 461 g/mol. The highest BCUT2D eigenvalue weighted by Gasteiger charge is 2.35. The fourth-order valence-corrected chi connectivity index (χ4v) is 5.69. The van der Waals surface area contributed by atoms with Crippen LogP contribution < -0.4 is 5.32 Å². The molecule has 1 N–H and O–H groups in total. The number of carbonyl (C=O) groups excluding carboxylic acids is 1. The lowest BCUT2D eigenvalue weighted by atomic mass is 9.97. The van der Waals surface area contributed by atoms with Gasteiger partial charge in [-0.25, -0.2) is 17.5 Å². The van der Waals surface area contributed by atoms with E-state index in [2.05, 4.69) is 15.6 Å². The van der Waals surface area contributed by atoms with E-state index in [9.17, 15) is 17.6 Å². The molecule has 3 heterocycles. The van der Waals surface area contributed by atoms with E-state index in [-0.39, 0.29) is 41.4 Å². The van der Waals surface area contributed by atoms with Gasteiger partial charge in [-0.15, -0.1) is 0 Å². The minimum absolute atomic E-state index is 0.0964. The van der Waals surface area contributed by atoms with Crippen LogP contribution in [0.15, 0.2) is 39.8 Å². The van der Waals surface area contributed by atoms with Crippen LogP contribution >= 0.6 is 0 Å². The number of nitrogens with one attached hydrogen (secondary N) is 1. The van der Waals surface area contributed by atoms with Crippen LogP contribution in [0.5, 0.6) is 0 Å². The first-order chi connectivity index (χ1) is 15.2. The number of amides is 1. The van der Waals surface area contributed by atoms with Gasteiger partial charge in [0.2, 0.25) is 15.9 Å². The molecule has 0 unspecified atom stereocenters. The molecule has 11 heteroatoms. The molecule has 170 valence electrons. The van der Waals surface area contributed by atoms with Gasteiger partial charge in [-0.3, -0.25) is 4.79 Å². The standard InChI is InChI=1S/C21H24FN5O4S/c1-13-12-19(27(24-13)18-6-4-17(22)5-7-18)23-21(28)16-8-10-26(11-9-16)32(29,30)20-14(2)25-31-15(20)3/h4-7,12,16H,8-11H2,1-3H3,(H,23,28). The summed E-state index contributed by atoms with van der Waals surface area (Å²) in [6.45, 7) is 5.41. The predicted octanol–water partition coefficient (Wildman–Crippen LogP) is 2.96. The molecule has 1 amide bonds. The minimum atomic E-state index is -3.73. The Labute approximate surface area is 185 Å². The van der Waals surface area contributed by atoms with Crippen LogP contribution in [0.25, 0.3) is 5.69 Å². The Morgan fingerprint density at radius 1 is 1.16 bits per heavy atom. The van der Waals surface area contributed by atoms with E-state index in [1.54, 1.807) is 43.7 Å². The number of halogens is 1. The van der Waals surface area contributed by atoms with E-state index < -0.39 is 10.0 Å². The third-order valence-corrected chi connectivity index (χ3v) is 7.69. The van der Waals surface area contributed by atoms with Crippen molar-refractivity contribution in [3.05, 3.63) is 53.3 Å². The Morgan fingerprint density at radius 3 is 2.41 bits per heavy atom. The molecule has 0 radical (unpaired) electrons. The highest BCUT2D eigenvalue weighted by Crippen LogP contribution is 2.28. The molecule has 1 aliphatic rings. The Hall–Kier alpha value is -3.05. The van der Waals surface area contributed by atoms with Crippen molar-refractivity contribution in [1.29, 1.82) is 0 Å². The van der Waals surface area contributed by atoms with Crippen LogP contribution in [0, 0.1) is 32.5 Å². The first-order valence-electron chi connectivity index (χ1n) is 10.2. The smallest absolute Gasteiger partial charge is 0.248 e. The first kappa shape index (κ1) is 22.2. The van der Waals surface area contributed by atoms with Crippen LogP contribution in [-0.4, -0.2) is 46.7 Å². The Bertz CT molecular complexity index is 1220. The van der Waals surface area contributed by atoms with E-state index >= 15 is 0 Å². The van der Waals surface area contributed by atoms with Crippen molar-refractivity contribution in [2.24, 2.45) is 5.92 Å². The van der Waals surface area contributed by atoms with Crippen LogP contribution in [0.3, 0.4) is 0 Å². The highest BCUT2D eigenvalue weighted by atomic mass is 32.2. The van der Waals surface area contributed by atoms with Gasteiger partial charge >= 0.3 is 0 Å². The average Bonchev–Trinajstić information content (AvgIpc) is 3.30. The summed E-state index contributed by atoms with van der Waals surface area (Å²) in [6, 6.07) is 7.55. The zero-order valence-electron chi connectivity index (χ0n) is 18.0. The number of benzene rings is 1. The number of hydrogen-bond acceptors (Lipinski definition) is 6. The molecule has 1 saturated heterocycles. The molecule has 1 fully saturated rings. The summed E-state index contributed by atoms with van der Waals surface area (Å²) in [5.74, 6) is -0.177. The van der Waals surface area contributed by atoms with Gasteiger partial charge in [-0.1, -0.05) is 5.16 Å². The molecular formula is C21H24FN5O4S. The number of carbonyl (C=O) groups is 1. The topological polar surface area (TPSA) is 110 Å². The van der Waals surface area contributed by atoms with Gasteiger partial charge in [-0.05, 0) is 57.9 Å². The minimum Gasteiger partial charge on any atom is -0.360 e. The Morgan fingerprint density at radius 2 is 1.81 bits per heavy atom. The second-order valence-electron chi connectivity index (χ2n) is 7.88. The van der Waals surface area contributed by atoms with Gasteiger partial charge in [0.15, 0.2) is 5.76 Å². The molecule has 0 aliphatic carbocycles. The molecule has 0 spiro atoms. The van der Waals surface area contributed by atoms with E-state index in [1.165, 1.54) is 16.4 Å². The summed E-state index contributed by atoms with van der Waals surface area (Å²) in [5, 5.41) is 11.0. The number of hydrogen-bond donors (Lipinski definition) is 1. The van der Waals surface area contributed by atoms with Gasteiger partial charge < -0.3 is 9.84 Å². The maximum atomic E-state index is 13.3. The fourth-order valence-electron chi connectivity index (χ4n) is 3.93. The van der Waals surface area contributed by atoms with Gasteiger partial charge in [0.05, 0.1) is 11.4 Å². The molecular weight excluding hydrogens is 437 g/mol. The van der Waals surface area contributed by atoms with E-state index in [4.69, 9.17) is 4.52 Å². The van der Waals surface area contributed by atoms with E-state index in [0.717, 1.165) is 0 Å².